The van der Waals surface area contributed by atoms with Crippen LogP contribution in [0.1, 0.15) is 15.5 Å². The van der Waals surface area contributed by atoms with Crippen LogP contribution in [-0.2, 0) is 6.54 Å². The molecule has 0 N–H and O–H groups in total. The highest BCUT2D eigenvalue weighted by Gasteiger charge is 2.22. The van der Waals surface area contributed by atoms with E-state index >= 15 is 0 Å². The number of carbonyl (C=O) groups excluding carboxylic acids is 1. The molecule has 0 unspecified atom stereocenters. The van der Waals surface area contributed by atoms with E-state index in [2.05, 4.69) is 14.5 Å². The topological polar surface area (TPSA) is 41.4 Å². The fourth-order valence-electron chi connectivity index (χ4n) is 2.62. The minimum absolute atomic E-state index is 0.176. The molecule has 112 valence electrons. The lowest BCUT2D eigenvalue weighted by Gasteiger charge is -2.34. The third-order valence-corrected chi connectivity index (χ3v) is 4.83. The Labute approximate surface area is 128 Å². The van der Waals surface area contributed by atoms with E-state index in [4.69, 9.17) is 0 Å². The van der Waals surface area contributed by atoms with Gasteiger partial charge < -0.3 is 9.47 Å². The molecule has 3 heterocycles. The summed E-state index contributed by atoms with van der Waals surface area (Å²) in [6.45, 7) is 7.54. The van der Waals surface area contributed by atoms with E-state index in [1.807, 2.05) is 41.7 Å². The van der Waals surface area contributed by atoms with Gasteiger partial charge in [-0.1, -0.05) is 6.07 Å². The third kappa shape index (κ3) is 3.33. The second kappa shape index (κ2) is 6.41. The number of hydrogen-bond donors (Lipinski definition) is 0. The summed E-state index contributed by atoms with van der Waals surface area (Å²) in [4.78, 5) is 21.7. The van der Waals surface area contributed by atoms with Crippen molar-refractivity contribution in [1.82, 2.24) is 19.4 Å². The zero-order chi connectivity index (χ0) is 14.7. The minimum atomic E-state index is 0.176. The van der Waals surface area contributed by atoms with E-state index in [1.54, 1.807) is 0 Å². The Kier molecular flexibility index (Phi) is 4.36. The molecule has 0 saturated carbocycles. The van der Waals surface area contributed by atoms with Gasteiger partial charge in [0.25, 0.3) is 5.91 Å². The van der Waals surface area contributed by atoms with Gasteiger partial charge in [-0.3, -0.25) is 9.69 Å². The van der Waals surface area contributed by atoms with E-state index in [-0.39, 0.29) is 5.91 Å². The van der Waals surface area contributed by atoms with Crippen molar-refractivity contribution in [3.05, 3.63) is 40.6 Å². The SMILES string of the molecule is Cc1nccn1CCN1CCN(C(=O)c2cccs2)CC1. The predicted molar refractivity (Wildman–Crippen MR) is 83.6 cm³/mol. The number of aryl methyl sites for hydroxylation is 1. The lowest BCUT2D eigenvalue weighted by molar-refractivity contribution is 0.0638. The number of carbonyl (C=O) groups is 1. The van der Waals surface area contributed by atoms with Crippen LogP contribution in [0.2, 0.25) is 0 Å². The van der Waals surface area contributed by atoms with Crippen molar-refractivity contribution in [3.8, 4) is 0 Å². The summed E-state index contributed by atoms with van der Waals surface area (Å²) < 4.78 is 2.17. The van der Waals surface area contributed by atoms with Gasteiger partial charge in [-0.25, -0.2) is 4.98 Å². The third-order valence-electron chi connectivity index (χ3n) is 3.97. The summed E-state index contributed by atoms with van der Waals surface area (Å²) >= 11 is 1.52. The number of thiophene rings is 1. The number of hydrogen-bond acceptors (Lipinski definition) is 4. The van der Waals surface area contributed by atoms with Gasteiger partial charge in [-0.2, -0.15) is 0 Å². The number of imidazole rings is 1. The van der Waals surface area contributed by atoms with Crippen molar-refractivity contribution < 1.29 is 4.79 Å². The average molecular weight is 304 g/mol. The molecule has 1 aliphatic heterocycles. The van der Waals surface area contributed by atoms with Crippen molar-refractivity contribution in [2.75, 3.05) is 32.7 Å². The molecule has 3 rings (SSSR count). The monoisotopic (exact) mass is 304 g/mol. The Balaban J connectivity index is 1.47. The highest BCUT2D eigenvalue weighted by atomic mass is 32.1. The second-order valence-electron chi connectivity index (χ2n) is 5.28. The molecular weight excluding hydrogens is 284 g/mol. The van der Waals surface area contributed by atoms with E-state index in [1.165, 1.54) is 11.3 Å². The zero-order valence-corrected chi connectivity index (χ0v) is 13.1. The molecule has 5 nitrogen and oxygen atoms in total. The van der Waals surface area contributed by atoms with Crippen LogP contribution in [0.4, 0.5) is 0 Å². The summed E-state index contributed by atoms with van der Waals surface area (Å²) in [6.07, 6.45) is 3.86. The van der Waals surface area contributed by atoms with E-state index in [0.29, 0.717) is 0 Å². The molecule has 1 aliphatic rings. The van der Waals surface area contributed by atoms with Crippen LogP contribution in [0.3, 0.4) is 0 Å². The molecule has 0 aliphatic carbocycles. The smallest absolute Gasteiger partial charge is 0.264 e. The first kappa shape index (κ1) is 14.3. The summed E-state index contributed by atoms with van der Waals surface area (Å²) in [5, 5.41) is 1.96. The molecule has 1 amide bonds. The molecule has 21 heavy (non-hydrogen) atoms. The molecular formula is C15H20N4OS. The van der Waals surface area contributed by atoms with Crippen LogP contribution >= 0.6 is 11.3 Å². The van der Waals surface area contributed by atoms with Crippen LogP contribution in [0, 0.1) is 6.92 Å². The van der Waals surface area contributed by atoms with Crippen LogP contribution in [0.5, 0.6) is 0 Å². The maximum atomic E-state index is 12.3. The van der Waals surface area contributed by atoms with Gasteiger partial charge in [0.1, 0.15) is 5.82 Å². The van der Waals surface area contributed by atoms with Gasteiger partial charge in [0, 0.05) is 51.7 Å². The van der Waals surface area contributed by atoms with Crippen LogP contribution < -0.4 is 0 Å². The van der Waals surface area contributed by atoms with Crippen LogP contribution in [-0.4, -0.2) is 58.0 Å². The first-order valence-corrected chi connectivity index (χ1v) is 8.15. The van der Waals surface area contributed by atoms with Crippen molar-refractivity contribution in [1.29, 1.82) is 0 Å². The summed E-state index contributed by atoms with van der Waals surface area (Å²) in [5.74, 6) is 1.23. The number of aromatic nitrogens is 2. The van der Waals surface area contributed by atoms with Crippen molar-refractivity contribution in [3.63, 3.8) is 0 Å². The number of nitrogens with zero attached hydrogens (tertiary/aromatic N) is 4. The lowest BCUT2D eigenvalue weighted by atomic mass is 10.3. The van der Waals surface area contributed by atoms with Crippen molar-refractivity contribution >= 4 is 17.2 Å². The predicted octanol–water partition coefficient (Wildman–Crippen LogP) is 1.71. The largest absolute Gasteiger partial charge is 0.335 e. The molecule has 0 atom stereocenters. The van der Waals surface area contributed by atoms with Crippen molar-refractivity contribution in [2.24, 2.45) is 0 Å². The minimum Gasteiger partial charge on any atom is -0.335 e. The molecule has 2 aromatic rings. The molecule has 0 radical (unpaired) electrons. The Morgan fingerprint density at radius 1 is 1.29 bits per heavy atom. The van der Waals surface area contributed by atoms with E-state index in [9.17, 15) is 4.79 Å². The second-order valence-corrected chi connectivity index (χ2v) is 6.23. The van der Waals surface area contributed by atoms with E-state index in [0.717, 1.165) is 50.0 Å². The first-order valence-electron chi connectivity index (χ1n) is 7.27. The molecule has 2 aromatic heterocycles. The Morgan fingerprint density at radius 2 is 2.10 bits per heavy atom. The van der Waals surface area contributed by atoms with Gasteiger partial charge in [0.2, 0.25) is 0 Å². The quantitative estimate of drug-likeness (QED) is 0.863. The summed E-state index contributed by atoms with van der Waals surface area (Å²) in [5.41, 5.74) is 0. The fraction of sp³-hybridized carbons (Fsp3) is 0.467. The lowest BCUT2D eigenvalue weighted by Crippen LogP contribution is -2.49. The van der Waals surface area contributed by atoms with Gasteiger partial charge in [0.05, 0.1) is 4.88 Å². The number of piperazine rings is 1. The first-order chi connectivity index (χ1) is 10.2. The highest BCUT2D eigenvalue weighted by Crippen LogP contribution is 2.13. The van der Waals surface area contributed by atoms with Crippen LogP contribution in [0.25, 0.3) is 0 Å². The fourth-order valence-corrected chi connectivity index (χ4v) is 3.31. The molecule has 1 saturated heterocycles. The van der Waals surface area contributed by atoms with Crippen LogP contribution in [0.15, 0.2) is 29.9 Å². The van der Waals surface area contributed by atoms with Gasteiger partial charge in [-0.15, -0.1) is 11.3 Å². The number of rotatable bonds is 4. The number of amides is 1. The zero-order valence-electron chi connectivity index (χ0n) is 12.2. The van der Waals surface area contributed by atoms with E-state index < -0.39 is 0 Å². The summed E-state index contributed by atoms with van der Waals surface area (Å²) in [6, 6.07) is 3.84. The Morgan fingerprint density at radius 3 is 2.71 bits per heavy atom. The maximum absolute atomic E-state index is 12.3. The maximum Gasteiger partial charge on any atom is 0.264 e. The van der Waals surface area contributed by atoms with Gasteiger partial charge in [-0.05, 0) is 18.4 Å². The molecule has 0 aromatic carbocycles. The molecule has 6 heteroatoms. The molecule has 0 spiro atoms. The average Bonchev–Trinajstić information content (AvgIpc) is 3.17. The Hall–Kier alpha value is -1.66. The highest BCUT2D eigenvalue weighted by molar-refractivity contribution is 7.12. The van der Waals surface area contributed by atoms with Gasteiger partial charge >= 0.3 is 0 Å². The summed E-state index contributed by atoms with van der Waals surface area (Å²) in [7, 11) is 0. The molecule has 1 fully saturated rings. The van der Waals surface area contributed by atoms with Crippen molar-refractivity contribution in [2.45, 2.75) is 13.5 Å². The standard InChI is InChI=1S/C15H20N4OS/c1-13-16-4-5-18(13)9-6-17-7-10-19(11-8-17)15(20)14-3-2-12-21-14/h2-5,12H,6-11H2,1H3. The Bertz CT molecular complexity index is 585. The van der Waals surface area contributed by atoms with Gasteiger partial charge in [0.15, 0.2) is 0 Å². The molecule has 0 bridgehead atoms. The normalized spacial score (nSPS) is 16.3.